The van der Waals surface area contributed by atoms with Gasteiger partial charge in [0.1, 0.15) is 5.75 Å². The standard InChI is InChI=1S/C9H10Cl2O/c1-5-4-7(10)6(2)9(12-3)8(5)11/h4H,1-3H3. The van der Waals surface area contributed by atoms with E-state index in [0.717, 1.165) is 11.1 Å². The van der Waals surface area contributed by atoms with Gasteiger partial charge in [0.15, 0.2) is 0 Å². The minimum absolute atomic E-state index is 0.638. The lowest BCUT2D eigenvalue weighted by molar-refractivity contribution is 0.411. The van der Waals surface area contributed by atoms with Gasteiger partial charge in [0, 0.05) is 10.6 Å². The summed E-state index contributed by atoms with van der Waals surface area (Å²) in [5.74, 6) is 0.668. The molecule has 1 rings (SSSR count). The maximum atomic E-state index is 5.99. The zero-order valence-corrected chi connectivity index (χ0v) is 8.75. The fourth-order valence-electron chi connectivity index (χ4n) is 1.06. The molecule has 66 valence electrons. The highest BCUT2D eigenvalue weighted by atomic mass is 35.5. The van der Waals surface area contributed by atoms with E-state index in [9.17, 15) is 0 Å². The largest absolute Gasteiger partial charge is 0.495 e. The quantitative estimate of drug-likeness (QED) is 0.680. The molecule has 0 radical (unpaired) electrons. The van der Waals surface area contributed by atoms with Crippen LogP contribution in [0.3, 0.4) is 0 Å². The Morgan fingerprint density at radius 1 is 1.25 bits per heavy atom. The van der Waals surface area contributed by atoms with Crippen molar-refractivity contribution in [1.29, 1.82) is 0 Å². The highest BCUT2D eigenvalue weighted by molar-refractivity contribution is 6.35. The van der Waals surface area contributed by atoms with E-state index in [1.807, 2.05) is 19.9 Å². The van der Waals surface area contributed by atoms with Crippen molar-refractivity contribution in [3.8, 4) is 5.75 Å². The van der Waals surface area contributed by atoms with Crippen molar-refractivity contribution in [3.05, 3.63) is 27.2 Å². The fourth-order valence-corrected chi connectivity index (χ4v) is 1.58. The Labute approximate surface area is 82.2 Å². The van der Waals surface area contributed by atoms with E-state index >= 15 is 0 Å². The average Bonchev–Trinajstić information content (AvgIpc) is 2.02. The summed E-state index contributed by atoms with van der Waals surface area (Å²) in [5.41, 5.74) is 1.82. The van der Waals surface area contributed by atoms with Gasteiger partial charge in [-0.2, -0.15) is 0 Å². The Morgan fingerprint density at radius 2 is 1.83 bits per heavy atom. The molecule has 0 amide bonds. The molecule has 0 bridgehead atoms. The maximum absolute atomic E-state index is 5.99. The van der Waals surface area contributed by atoms with Crippen molar-refractivity contribution in [3.63, 3.8) is 0 Å². The van der Waals surface area contributed by atoms with E-state index in [1.165, 1.54) is 0 Å². The number of hydrogen-bond donors (Lipinski definition) is 0. The van der Waals surface area contributed by atoms with E-state index in [1.54, 1.807) is 7.11 Å². The molecular weight excluding hydrogens is 195 g/mol. The first-order chi connectivity index (χ1) is 5.57. The van der Waals surface area contributed by atoms with Crippen LogP contribution in [0.5, 0.6) is 5.75 Å². The van der Waals surface area contributed by atoms with E-state index < -0.39 is 0 Å². The van der Waals surface area contributed by atoms with Gasteiger partial charge in [0.25, 0.3) is 0 Å². The molecule has 0 spiro atoms. The predicted octanol–water partition coefficient (Wildman–Crippen LogP) is 3.62. The predicted molar refractivity (Wildman–Crippen MR) is 52.5 cm³/mol. The van der Waals surface area contributed by atoms with Crippen molar-refractivity contribution in [2.24, 2.45) is 0 Å². The van der Waals surface area contributed by atoms with Gasteiger partial charge in [0.2, 0.25) is 0 Å². The molecule has 1 nitrogen and oxygen atoms in total. The van der Waals surface area contributed by atoms with Gasteiger partial charge in [-0.1, -0.05) is 23.2 Å². The van der Waals surface area contributed by atoms with Crippen molar-refractivity contribution < 1.29 is 4.74 Å². The number of halogens is 2. The molecule has 1 aromatic carbocycles. The van der Waals surface area contributed by atoms with E-state index in [4.69, 9.17) is 27.9 Å². The number of hydrogen-bond acceptors (Lipinski definition) is 1. The van der Waals surface area contributed by atoms with Crippen LogP contribution in [0.2, 0.25) is 10.0 Å². The fraction of sp³-hybridized carbons (Fsp3) is 0.333. The summed E-state index contributed by atoms with van der Waals surface area (Å²) >= 11 is 11.9. The molecule has 0 aliphatic carbocycles. The first-order valence-electron chi connectivity index (χ1n) is 3.57. The summed E-state index contributed by atoms with van der Waals surface area (Å²) in [5, 5.41) is 1.33. The Kier molecular flexibility index (Phi) is 2.86. The minimum Gasteiger partial charge on any atom is -0.495 e. The second kappa shape index (κ2) is 3.55. The molecule has 0 heterocycles. The summed E-state index contributed by atoms with van der Waals surface area (Å²) in [6.45, 7) is 3.78. The Balaban J connectivity index is 3.42. The third-order valence-corrected chi connectivity index (χ3v) is 2.65. The van der Waals surface area contributed by atoms with E-state index in [2.05, 4.69) is 0 Å². The average molecular weight is 205 g/mol. The van der Waals surface area contributed by atoms with Crippen LogP contribution in [0.25, 0.3) is 0 Å². The van der Waals surface area contributed by atoms with Gasteiger partial charge in [-0.05, 0) is 25.5 Å². The van der Waals surface area contributed by atoms with Gasteiger partial charge in [-0.3, -0.25) is 0 Å². The first-order valence-corrected chi connectivity index (χ1v) is 4.32. The van der Waals surface area contributed by atoms with Crippen LogP contribution in [-0.4, -0.2) is 7.11 Å². The zero-order chi connectivity index (χ0) is 9.30. The summed E-state index contributed by atoms with van der Waals surface area (Å²) in [6, 6.07) is 1.84. The zero-order valence-electron chi connectivity index (χ0n) is 7.24. The van der Waals surface area contributed by atoms with Gasteiger partial charge in [0.05, 0.1) is 12.1 Å². The van der Waals surface area contributed by atoms with Gasteiger partial charge >= 0.3 is 0 Å². The lowest BCUT2D eigenvalue weighted by atomic mass is 10.1. The van der Waals surface area contributed by atoms with Crippen LogP contribution >= 0.6 is 23.2 Å². The molecule has 1 aromatic rings. The summed E-state index contributed by atoms with van der Waals surface area (Å²) in [6.07, 6.45) is 0. The molecule has 0 unspecified atom stereocenters. The van der Waals surface area contributed by atoms with E-state index in [0.29, 0.717) is 15.8 Å². The monoisotopic (exact) mass is 204 g/mol. The van der Waals surface area contributed by atoms with Crippen molar-refractivity contribution in [1.82, 2.24) is 0 Å². The summed E-state index contributed by atoms with van der Waals surface area (Å²) < 4.78 is 5.12. The highest BCUT2D eigenvalue weighted by Gasteiger charge is 2.10. The smallest absolute Gasteiger partial charge is 0.142 e. The van der Waals surface area contributed by atoms with Crippen LogP contribution in [0, 0.1) is 13.8 Å². The number of ether oxygens (including phenoxy) is 1. The molecule has 0 N–H and O–H groups in total. The minimum atomic E-state index is 0.638. The lowest BCUT2D eigenvalue weighted by Gasteiger charge is -2.10. The highest BCUT2D eigenvalue weighted by Crippen LogP contribution is 2.35. The Morgan fingerprint density at radius 3 is 2.33 bits per heavy atom. The van der Waals surface area contributed by atoms with Crippen LogP contribution in [-0.2, 0) is 0 Å². The molecule has 0 saturated carbocycles. The number of rotatable bonds is 1. The number of benzene rings is 1. The lowest BCUT2D eigenvalue weighted by Crippen LogP contribution is -1.91. The van der Waals surface area contributed by atoms with Crippen molar-refractivity contribution >= 4 is 23.2 Å². The molecule has 0 atom stereocenters. The SMILES string of the molecule is COc1c(C)c(Cl)cc(C)c1Cl. The Hall–Kier alpha value is -0.400. The third-order valence-electron chi connectivity index (χ3n) is 1.79. The van der Waals surface area contributed by atoms with Crippen LogP contribution in [0.1, 0.15) is 11.1 Å². The molecular formula is C9H10Cl2O. The summed E-state index contributed by atoms with van der Waals surface area (Å²) in [7, 11) is 1.59. The van der Waals surface area contributed by atoms with Crippen molar-refractivity contribution in [2.75, 3.05) is 7.11 Å². The first kappa shape index (κ1) is 9.69. The third kappa shape index (κ3) is 1.52. The molecule has 0 fully saturated rings. The maximum Gasteiger partial charge on any atom is 0.142 e. The van der Waals surface area contributed by atoms with Crippen molar-refractivity contribution in [2.45, 2.75) is 13.8 Å². The molecule has 12 heavy (non-hydrogen) atoms. The van der Waals surface area contributed by atoms with Gasteiger partial charge in [-0.25, -0.2) is 0 Å². The van der Waals surface area contributed by atoms with Crippen LogP contribution in [0.15, 0.2) is 6.07 Å². The van der Waals surface area contributed by atoms with Crippen LogP contribution < -0.4 is 4.74 Å². The second-order valence-electron chi connectivity index (χ2n) is 2.65. The molecule has 3 heteroatoms. The van der Waals surface area contributed by atoms with Crippen LogP contribution in [0.4, 0.5) is 0 Å². The molecule has 0 aliphatic rings. The summed E-state index contributed by atoms with van der Waals surface area (Å²) in [4.78, 5) is 0. The molecule has 0 aromatic heterocycles. The molecule has 0 aliphatic heterocycles. The number of aryl methyl sites for hydroxylation is 1. The van der Waals surface area contributed by atoms with Gasteiger partial charge < -0.3 is 4.74 Å². The number of methoxy groups -OCH3 is 1. The topological polar surface area (TPSA) is 9.23 Å². The second-order valence-corrected chi connectivity index (χ2v) is 3.43. The molecule has 0 saturated heterocycles. The Bertz CT molecular complexity index is 282. The van der Waals surface area contributed by atoms with Gasteiger partial charge in [-0.15, -0.1) is 0 Å². The normalized spacial score (nSPS) is 10.1. The van der Waals surface area contributed by atoms with E-state index in [-0.39, 0.29) is 0 Å².